The van der Waals surface area contributed by atoms with Crippen molar-refractivity contribution in [3.8, 4) is 0 Å². The van der Waals surface area contributed by atoms with Crippen molar-refractivity contribution < 1.29 is 37.3 Å². The molecule has 3 atom stereocenters. The van der Waals surface area contributed by atoms with Crippen LogP contribution in [0.15, 0.2) is 48.6 Å². The molecule has 0 saturated heterocycles. The van der Waals surface area contributed by atoms with E-state index in [0.717, 1.165) is 70.6 Å². The number of hydrogen-bond acceptors (Lipinski definition) is 6. The Morgan fingerprint density at radius 1 is 0.515 bits per heavy atom. The molecule has 0 aliphatic carbocycles. The van der Waals surface area contributed by atoms with E-state index in [1.807, 2.05) is 39.4 Å². The molecular formula is C58H110N2O7P+. The van der Waals surface area contributed by atoms with Gasteiger partial charge in [-0.25, -0.2) is 4.57 Å². The Morgan fingerprint density at radius 2 is 0.912 bits per heavy atom. The Labute approximate surface area is 420 Å². The number of unbranched alkanes of at least 4 members (excludes halogenated alkanes) is 29. The lowest BCUT2D eigenvalue weighted by atomic mass is 10.0. The van der Waals surface area contributed by atoms with Gasteiger partial charge >= 0.3 is 13.8 Å². The molecule has 1 amide bonds. The van der Waals surface area contributed by atoms with Crippen LogP contribution in [0.3, 0.4) is 0 Å². The lowest BCUT2D eigenvalue weighted by molar-refractivity contribution is -0.870. The predicted molar refractivity (Wildman–Crippen MR) is 291 cm³/mol. The molecule has 0 aliphatic rings. The topological polar surface area (TPSA) is 111 Å². The molecule has 0 saturated carbocycles. The van der Waals surface area contributed by atoms with Crippen LogP contribution in [0.1, 0.15) is 258 Å². The molecule has 398 valence electrons. The highest BCUT2D eigenvalue weighted by Crippen LogP contribution is 2.43. The second-order valence-electron chi connectivity index (χ2n) is 20.5. The fourth-order valence-electron chi connectivity index (χ4n) is 8.05. The molecule has 0 bridgehead atoms. The van der Waals surface area contributed by atoms with Gasteiger partial charge in [-0.2, -0.15) is 0 Å². The number of phosphoric acid groups is 1. The van der Waals surface area contributed by atoms with E-state index in [1.165, 1.54) is 148 Å². The summed E-state index contributed by atoms with van der Waals surface area (Å²) in [5.41, 5.74) is 0. The van der Waals surface area contributed by atoms with Crippen LogP contribution in [0.25, 0.3) is 0 Å². The Balaban J connectivity index is 5.45. The summed E-state index contributed by atoms with van der Waals surface area (Å²) in [6.07, 6.45) is 58.3. The average Bonchev–Trinajstić information content (AvgIpc) is 3.29. The molecule has 3 unspecified atom stereocenters. The van der Waals surface area contributed by atoms with E-state index in [0.29, 0.717) is 23.9 Å². The number of carbonyl (C=O) groups is 2. The van der Waals surface area contributed by atoms with Gasteiger partial charge in [-0.15, -0.1) is 0 Å². The zero-order valence-electron chi connectivity index (χ0n) is 45.3. The molecule has 0 aromatic carbocycles. The minimum atomic E-state index is -4.45. The summed E-state index contributed by atoms with van der Waals surface area (Å²) in [6.45, 7) is 6.96. The monoisotopic (exact) mass is 978 g/mol. The number of quaternary nitrogens is 1. The standard InChI is InChI=1S/C58H109N2O7P/c1-7-10-13-16-19-22-25-28-29-30-33-35-38-41-44-47-50-57(61)59-55(54-66-68(63,64)65-53-52-60(4,5)6)56(49-46-43-40-37-34-31-26-23-20-17-14-11-8-2)67-58(62)51-48-45-42-39-36-32-27-24-21-18-15-12-9-3/h29-30,32,36,42,45-46,49,55-56H,7-28,31,33-35,37-41,43-44,47-48,50-54H2,1-6H3,(H-,59,61,63,64)/p+1/b30-29+,36-32-,45-42+,49-46+. The lowest BCUT2D eigenvalue weighted by Gasteiger charge is -2.27. The Hall–Kier alpha value is -2.03. The SMILES string of the molecule is CCCCCCCC/C=C\C/C=C/CCC(=O)OC(/C=C/CCCCCCCCCCCCC)C(COP(=O)(O)OCC[N+](C)(C)C)NC(=O)CCCCCCC/C=C/CCCCCCCCC. The Kier molecular flexibility index (Phi) is 47.1. The first kappa shape index (κ1) is 66.0. The predicted octanol–water partition coefficient (Wildman–Crippen LogP) is 16.9. The Bertz CT molecular complexity index is 1310. The van der Waals surface area contributed by atoms with E-state index in [4.69, 9.17) is 13.8 Å². The van der Waals surface area contributed by atoms with Gasteiger partial charge in [-0.05, 0) is 76.7 Å². The number of nitrogens with one attached hydrogen (secondary N) is 1. The van der Waals surface area contributed by atoms with Crippen LogP contribution in [0, 0.1) is 0 Å². The van der Waals surface area contributed by atoms with Gasteiger partial charge in [0.25, 0.3) is 0 Å². The molecule has 9 nitrogen and oxygen atoms in total. The van der Waals surface area contributed by atoms with Gasteiger partial charge in [0.15, 0.2) is 0 Å². The van der Waals surface area contributed by atoms with Crippen LogP contribution in [-0.4, -0.2) is 74.3 Å². The Morgan fingerprint density at radius 3 is 1.37 bits per heavy atom. The summed E-state index contributed by atoms with van der Waals surface area (Å²) < 4.78 is 30.5. The van der Waals surface area contributed by atoms with E-state index in [2.05, 4.69) is 56.5 Å². The molecule has 10 heteroatoms. The first-order valence-corrected chi connectivity index (χ1v) is 30.0. The molecule has 0 spiro atoms. The smallest absolute Gasteiger partial charge is 0.456 e. The molecule has 0 heterocycles. The third-order valence-corrected chi connectivity index (χ3v) is 13.5. The highest BCUT2D eigenvalue weighted by molar-refractivity contribution is 7.47. The van der Waals surface area contributed by atoms with Crippen molar-refractivity contribution in [2.75, 3.05) is 40.9 Å². The highest BCUT2D eigenvalue weighted by atomic mass is 31.2. The number of nitrogens with zero attached hydrogens (tertiary/aromatic N) is 1. The molecule has 0 aromatic rings. The molecule has 0 aromatic heterocycles. The van der Waals surface area contributed by atoms with Crippen molar-refractivity contribution in [3.63, 3.8) is 0 Å². The number of ether oxygens (including phenoxy) is 1. The van der Waals surface area contributed by atoms with Crippen LogP contribution in [0.5, 0.6) is 0 Å². The first-order chi connectivity index (χ1) is 32.9. The summed E-state index contributed by atoms with van der Waals surface area (Å²) in [6, 6.07) is -0.873. The third-order valence-electron chi connectivity index (χ3n) is 12.5. The summed E-state index contributed by atoms with van der Waals surface area (Å²) in [7, 11) is 1.47. The van der Waals surface area contributed by atoms with E-state index in [9.17, 15) is 19.0 Å². The van der Waals surface area contributed by atoms with Gasteiger partial charge in [-0.3, -0.25) is 18.6 Å². The van der Waals surface area contributed by atoms with Crippen molar-refractivity contribution in [1.82, 2.24) is 5.32 Å². The van der Waals surface area contributed by atoms with E-state index in [-0.39, 0.29) is 25.5 Å². The second kappa shape index (κ2) is 48.6. The van der Waals surface area contributed by atoms with Crippen molar-refractivity contribution in [2.45, 2.75) is 270 Å². The van der Waals surface area contributed by atoms with E-state index in [1.54, 1.807) is 0 Å². The number of amides is 1. The highest BCUT2D eigenvalue weighted by Gasteiger charge is 2.30. The van der Waals surface area contributed by atoms with Gasteiger partial charge in [0.1, 0.15) is 19.3 Å². The second-order valence-corrected chi connectivity index (χ2v) is 21.9. The fourth-order valence-corrected chi connectivity index (χ4v) is 8.78. The minimum Gasteiger partial charge on any atom is -0.456 e. The summed E-state index contributed by atoms with van der Waals surface area (Å²) in [5, 5.41) is 3.03. The maximum Gasteiger partial charge on any atom is 0.472 e. The van der Waals surface area contributed by atoms with Crippen LogP contribution in [0.2, 0.25) is 0 Å². The normalized spacial score (nSPS) is 14.2. The van der Waals surface area contributed by atoms with Crippen LogP contribution >= 0.6 is 7.82 Å². The summed E-state index contributed by atoms with van der Waals surface area (Å²) >= 11 is 0. The fraction of sp³-hybridized carbons (Fsp3) is 0.828. The number of likely N-dealkylation sites (N-methyl/N-ethyl adjacent to an activating group) is 1. The minimum absolute atomic E-state index is 0.0313. The van der Waals surface area contributed by atoms with Gasteiger partial charge in [0.05, 0.1) is 33.8 Å². The molecule has 0 aliphatic heterocycles. The maximum absolute atomic E-state index is 13.5. The number of carbonyl (C=O) groups excluding carboxylic acids is 2. The number of hydrogen-bond donors (Lipinski definition) is 2. The van der Waals surface area contributed by atoms with Crippen molar-refractivity contribution in [3.05, 3.63) is 48.6 Å². The van der Waals surface area contributed by atoms with Crippen LogP contribution < -0.4 is 5.32 Å². The van der Waals surface area contributed by atoms with Crippen LogP contribution in [0.4, 0.5) is 0 Å². The number of rotatable bonds is 51. The summed E-state index contributed by atoms with van der Waals surface area (Å²) in [5.74, 6) is -0.589. The van der Waals surface area contributed by atoms with Gasteiger partial charge in [-0.1, -0.05) is 217 Å². The molecular weight excluding hydrogens is 868 g/mol. The van der Waals surface area contributed by atoms with Gasteiger partial charge in [0, 0.05) is 12.8 Å². The van der Waals surface area contributed by atoms with E-state index < -0.39 is 25.9 Å². The quantitative estimate of drug-likeness (QED) is 0.0205. The van der Waals surface area contributed by atoms with E-state index >= 15 is 0 Å². The number of phosphoric ester groups is 1. The molecule has 68 heavy (non-hydrogen) atoms. The lowest BCUT2D eigenvalue weighted by Crippen LogP contribution is -2.47. The molecule has 0 radical (unpaired) electrons. The van der Waals surface area contributed by atoms with Crippen molar-refractivity contribution in [2.24, 2.45) is 0 Å². The number of allylic oxidation sites excluding steroid dienone is 7. The molecule has 2 N–H and O–H groups in total. The largest absolute Gasteiger partial charge is 0.472 e. The van der Waals surface area contributed by atoms with Crippen molar-refractivity contribution >= 4 is 19.7 Å². The first-order valence-electron chi connectivity index (χ1n) is 28.5. The third kappa shape index (κ3) is 49.0. The number of esters is 1. The van der Waals surface area contributed by atoms with Crippen molar-refractivity contribution in [1.29, 1.82) is 0 Å². The van der Waals surface area contributed by atoms with Gasteiger partial charge < -0.3 is 19.4 Å². The van der Waals surface area contributed by atoms with Crippen LogP contribution in [-0.2, 0) is 27.9 Å². The van der Waals surface area contributed by atoms with Gasteiger partial charge in [0.2, 0.25) is 5.91 Å². The molecule has 0 fully saturated rings. The summed E-state index contributed by atoms with van der Waals surface area (Å²) in [4.78, 5) is 37.5. The molecule has 0 rings (SSSR count). The average molecular weight is 978 g/mol. The maximum atomic E-state index is 13.5. The zero-order chi connectivity index (χ0) is 50.1. The zero-order valence-corrected chi connectivity index (χ0v) is 46.2.